The van der Waals surface area contributed by atoms with Gasteiger partial charge in [0.2, 0.25) is 6.79 Å². The van der Waals surface area contributed by atoms with Gasteiger partial charge in [0, 0.05) is 24.8 Å². The van der Waals surface area contributed by atoms with Crippen LogP contribution >= 0.6 is 0 Å². The zero-order valence-electron chi connectivity index (χ0n) is 13.2. The van der Waals surface area contributed by atoms with E-state index in [1.165, 1.54) is 24.5 Å². The van der Waals surface area contributed by atoms with Gasteiger partial charge in [-0.15, -0.1) is 0 Å². The van der Waals surface area contributed by atoms with E-state index in [0.29, 0.717) is 0 Å². The third-order valence-corrected chi connectivity index (χ3v) is 2.69. The van der Waals surface area contributed by atoms with Crippen LogP contribution in [0.2, 0.25) is 0 Å². The molecule has 126 valence electrons. The van der Waals surface area contributed by atoms with Gasteiger partial charge in [0.1, 0.15) is 11.4 Å². The molecule has 0 aliphatic carbocycles. The van der Waals surface area contributed by atoms with Crippen molar-refractivity contribution in [3.63, 3.8) is 0 Å². The summed E-state index contributed by atoms with van der Waals surface area (Å²) in [6.45, 7) is -0.481. The highest BCUT2D eigenvalue weighted by Gasteiger charge is 2.11. The maximum Gasteiger partial charge on any atom is 0.359 e. The summed E-state index contributed by atoms with van der Waals surface area (Å²) >= 11 is 0. The van der Waals surface area contributed by atoms with Crippen LogP contribution < -0.4 is 0 Å². The highest BCUT2D eigenvalue weighted by atomic mass is 16.7. The Bertz CT molecular complexity index is 690. The van der Waals surface area contributed by atoms with Crippen LogP contribution in [0.25, 0.3) is 0 Å². The van der Waals surface area contributed by atoms with E-state index in [4.69, 9.17) is 9.47 Å². The van der Waals surface area contributed by atoms with E-state index in [1.54, 1.807) is 36.7 Å². The standard InChI is InChI=1S/C13H10N2O4.C5H5N/c16-12(10-5-1-3-7-14-10)18-9-19-13(17)11-6-2-4-8-15-11;1-2-4-6-5-3-1/h1-8H,9H2;1-5H. The Hall–Kier alpha value is -3.61. The van der Waals surface area contributed by atoms with Crippen molar-refractivity contribution in [3.05, 3.63) is 90.8 Å². The molecule has 0 unspecified atom stereocenters. The van der Waals surface area contributed by atoms with Crippen LogP contribution in [0.15, 0.2) is 79.4 Å². The SMILES string of the molecule is O=C(OCOC(=O)c1ccccn1)c1ccccn1.c1ccncc1. The summed E-state index contributed by atoms with van der Waals surface area (Å²) in [5, 5.41) is 0. The van der Waals surface area contributed by atoms with Crippen molar-refractivity contribution in [1.29, 1.82) is 0 Å². The minimum Gasteiger partial charge on any atom is -0.423 e. The average Bonchev–Trinajstić information content (AvgIpc) is 2.71. The molecule has 3 aromatic heterocycles. The summed E-state index contributed by atoms with van der Waals surface area (Å²) in [7, 11) is 0. The number of hydrogen-bond acceptors (Lipinski definition) is 7. The van der Waals surface area contributed by atoms with Gasteiger partial charge in [0.15, 0.2) is 0 Å². The topological polar surface area (TPSA) is 91.3 Å². The number of hydrogen-bond donors (Lipinski definition) is 0. The molecule has 0 aliphatic heterocycles. The molecule has 25 heavy (non-hydrogen) atoms. The molecule has 0 amide bonds. The number of carbonyl (C=O) groups is 2. The fraction of sp³-hybridized carbons (Fsp3) is 0.0556. The molecule has 0 aromatic carbocycles. The van der Waals surface area contributed by atoms with Gasteiger partial charge in [-0.1, -0.05) is 18.2 Å². The summed E-state index contributed by atoms with van der Waals surface area (Å²) in [5.41, 5.74) is 0.299. The van der Waals surface area contributed by atoms with E-state index in [-0.39, 0.29) is 11.4 Å². The van der Waals surface area contributed by atoms with Gasteiger partial charge in [-0.25, -0.2) is 19.6 Å². The van der Waals surface area contributed by atoms with Crippen LogP contribution in [0.4, 0.5) is 0 Å². The summed E-state index contributed by atoms with van der Waals surface area (Å²) in [5.74, 6) is -1.32. The predicted octanol–water partition coefficient (Wildman–Crippen LogP) is 2.53. The number of carbonyl (C=O) groups excluding carboxylic acids is 2. The first kappa shape index (κ1) is 17.7. The number of pyridine rings is 3. The molecule has 0 saturated carbocycles. The zero-order chi connectivity index (χ0) is 17.7. The van der Waals surface area contributed by atoms with Crippen molar-refractivity contribution in [3.8, 4) is 0 Å². The van der Waals surface area contributed by atoms with Gasteiger partial charge >= 0.3 is 11.9 Å². The molecule has 0 aliphatic rings. The number of aromatic nitrogens is 3. The molecule has 0 saturated heterocycles. The van der Waals surface area contributed by atoms with Crippen LogP contribution in [0.3, 0.4) is 0 Å². The molecular weight excluding hydrogens is 322 g/mol. The van der Waals surface area contributed by atoms with Crippen LogP contribution in [-0.4, -0.2) is 33.7 Å². The second kappa shape index (κ2) is 10.2. The minimum atomic E-state index is -0.658. The third-order valence-electron chi connectivity index (χ3n) is 2.69. The van der Waals surface area contributed by atoms with E-state index in [0.717, 1.165) is 0 Å². The fourth-order valence-electron chi connectivity index (χ4n) is 1.56. The first-order chi connectivity index (χ1) is 12.3. The van der Waals surface area contributed by atoms with Gasteiger partial charge < -0.3 is 9.47 Å². The lowest BCUT2D eigenvalue weighted by Gasteiger charge is -2.05. The molecular formula is C18H15N3O4. The predicted molar refractivity (Wildman–Crippen MR) is 88.4 cm³/mol. The highest BCUT2D eigenvalue weighted by Crippen LogP contribution is 1.99. The second-order valence-electron chi connectivity index (χ2n) is 4.44. The summed E-state index contributed by atoms with van der Waals surface area (Å²) < 4.78 is 9.50. The lowest BCUT2D eigenvalue weighted by Crippen LogP contribution is -2.14. The Balaban J connectivity index is 0.000000316. The second-order valence-corrected chi connectivity index (χ2v) is 4.44. The number of nitrogens with zero attached hydrogens (tertiary/aromatic N) is 3. The maximum absolute atomic E-state index is 11.5. The molecule has 3 rings (SSSR count). The van der Waals surface area contributed by atoms with Crippen molar-refractivity contribution in [2.75, 3.05) is 6.79 Å². The van der Waals surface area contributed by atoms with Crippen LogP contribution in [0, 0.1) is 0 Å². The van der Waals surface area contributed by atoms with Crippen molar-refractivity contribution in [2.45, 2.75) is 0 Å². The Kier molecular flexibility index (Phi) is 7.25. The molecule has 7 nitrogen and oxygen atoms in total. The lowest BCUT2D eigenvalue weighted by molar-refractivity contribution is -0.0174. The Morgan fingerprint density at radius 1 is 0.680 bits per heavy atom. The smallest absolute Gasteiger partial charge is 0.359 e. The number of ether oxygens (including phenoxy) is 2. The fourth-order valence-corrected chi connectivity index (χ4v) is 1.56. The third kappa shape index (κ3) is 6.57. The molecule has 0 fully saturated rings. The van der Waals surface area contributed by atoms with E-state index in [1.807, 2.05) is 18.2 Å². The minimum absolute atomic E-state index is 0.149. The van der Waals surface area contributed by atoms with Gasteiger partial charge in [0.25, 0.3) is 0 Å². The molecule has 0 N–H and O–H groups in total. The van der Waals surface area contributed by atoms with Crippen LogP contribution in [-0.2, 0) is 9.47 Å². The van der Waals surface area contributed by atoms with Crippen molar-refractivity contribution in [2.24, 2.45) is 0 Å². The van der Waals surface area contributed by atoms with E-state index in [9.17, 15) is 9.59 Å². The van der Waals surface area contributed by atoms with Gasteiger partial charge in [-0.2, -0.15) is 0 Å². The Morgan fingerprint density at radius 3 is 1.48 bits per heavy atom. The van der Waals surface area contributed by atoms with Crippen molar-refractivity contribution < 1.29 is 19.1 Å². The van der Waals surface area contributed by atoms with Crippen molar-refractivity contribution >= 4 is 11.9 Å². The Labute approximate surface area is 144 Å². The quantitative estimate of drug-likeness (QED) is 0.533. The highest BCUT2D eigenvalue weighted by molar-refractivity contribution is 5.88. The summed E-state index contributed by atoms with van der Waals surface area (Å²) in [6.07, 6.45) is 6.44. The van der Waals surface area contributed by atoms with Crippen LogP contribution in [0.1, 0.15) is 21.0 Å². The summed E-state index contributed by atoms with van der Waals surface area (Å²) in [4.78, 5) is 34.3. The van der Waals surface area contributed by atoms with Crippen LogP contribution in [0.5, 0.6) is 0 Å². The van der Waals surface area contributed by atoms with Crippen molar-refractivity contribution in [1.82, 2.24) is 15.0 Å². The molecule has 0 radical (unpaired) electrons. The summed E-state index contributed by atoms with van der Waals surface area (Å²) in [6, 6.07) is 15.4. The van der Waals surface area contributed by atoms with Gasteiger partial charge in [0.05, 0.1) is 0 Å². The first-order valence-corrected chi connectivity index (χ1v) is 7.28. The first-order valence-electron chi connectivity index (χ1n) is 7.28. The number of rotatable bonds is 4. The number of esters is 2. The molecule has 0 bridgehead atoms. The average molecular weight is 337 g/mol. The molecule has 3 aromatic rings. The molecule has 7 heteroatoms. The lowest BCUT2D eigenvalue weighted by atomic mass is 10.3. The largest absolute Gasteiger partial charge is 0.423 e. The van der Waals surface area contributed by atoms with E-state index < -0.39 is 18.7 Å². The van der Waals surface area contributed by atoms with E-state index >= 15 is 0 Å². The maximum atomic E-state index is 11.5. The molecule has 0 atom stereocenters. The zero-order valence-corrected chi connectivity index (χ0v) is 13.2. The monoisotopic (exact) mass is 337 g/mol. The molecule has 3 heterocycles. The van der Waals surface area contributed by atoms with Gasteiger partial charge in [-0.3, -0.25) is 4.98 Å². The van der Waals surface area contributed by atoms with Gasteiger partial charge in [-0.05, 0) is 36.4 Å². The molecule has 0 spiro atoms. The Morgan fingerprint density at radius 2 is 1.16 bits per heavy atom. The van der Waals surface area contributed by atoms with E-state index in [2.05, 4.69) is 15.0 Å². The normalized spacial score (nSPS) is 9.28.